The molecule has 0 atom stereocenters. The Balaban J connectivity index is 2.25. The van der Waals surface area contributed by atoms with Crippen LogP contribution in [0, 0.1) is 0 Å². The highest BCUT2D eigenvalue weighted by molar-refractivity contribution is 6.07. The molecule has 0 amide bonds. The molecule has 2 rings (SSSR count). The highest BCUT2D eigenvalue weighted by Gasteiger charge is 2.16. The maximum Gasteiger partial charge on any atom is 0.228 e. The smallest absolute Gasteiger partial charge is 0.228 e. The minimum Gasteiger partial charge on any atom is -0.456 e. The van der Waals surface area contributed by atoms with Gasteiger partial charge in [0.1, 0.15) is 5.76 Å². The maximum atomic E-state index is 12.2. The molecule has 2 aromatic rings. The van der Waals surface area contributed by atoms with E-state index in [0.717, 1.165) is 0 Å². The van der Waals surface area contributed by atoms with Crippen molar-refractivity contribution in [1.29, 1.82) is 0 Å². The Morgan fingerprint density at radius 2 is 1.74 bits per heavy atom. The van der Waals surface area contributed by atoms with Crippen molar-refractivity contribution in [1.82, 2.24) is 0 Å². The molecule has 0 radical (unpaired) electrons. The Labute approximate surface area is 113 Å². The van der Waals surface area contributed by atoms with Gasteiger partial charge in [-0.15, -0.1) is 0 Å². The zero-order valence-electron chi connectivity index (χ0n) is 11.6. The van der Waals surface area contributed by atoms with Gasteiger partial charge in [-0.1, -0.05) is 45.0 Å². The molecule has 0 spiro atoms. The van der Waals surface area contributed by atoms with E-state index < -0.39 is 0 Å². The first-order valence-electron chi connectivity index (χ1n) is 6.36. The predicted molar refractivity (Wildman–Crippen MR) is 75.2 cm³/mol. The highest BCUT2D eigenvalue weighted by atomic mass is 16.3. The first kappa shape index (κ1) is 13.6. The Kier molecular flexibility index (Phi) is 3.58. The van der Waals surface area contributed by atoms with Crippen LogP contribution in [0.25, 0.3) is 0 Å². The monoisotopic (exact) mass is 257 g/mol. The van der Waals surface area contributed by atoms with Gasteiger partial charge in [-0.25, -0.2) is 0 Å². The second kappa shape index (κ2) is 5.02. The zero-order valence-corrected chi connectivity index (χ0v) is 11.6. The molecule has 0 saturated heterocycles. The third-order valence-electron chi connectivity index (χ3n) is 3.10. The molecule has 3 nitrogen and oxygen atoms in total. The van der Waals surface area contributed by atoms with Crippen LogP contribution in [0.4, 0.5) is 0 Å². The van der Waals surface area contributed by atoms with E-state index in [4.69, 9.17) is 10.2 Å². The molecule has 1 aromatic carbocycles. The Bertz CT molecular complexity index is 574. The number of hydrogen-bond acceptors (Lipinski definition) is 3. The summed E-state index contributed by atoms with van der Waals surface area (Å²) < 4.78 is 5.37. The fourth-order valence-corrected chi connectivity index (χ4v) is 1.87. The van der Waals surface area contributed by atoms with E-state index in [9.17, 15) is 4.79 Å². The minimum atomic E-state index is -0.111. The molecule has 3 heteroatoms. The Morgan fingerprint density at radius 1 is 1.11 bits per heavy atom. The summed E-state index contributed by atoms with van der Waals surface area (Å²) >= 11 is 0. The third kappa shape index (κ3) is 2.93. The maximum absolute atomic E-state index is 12.2. The molecule has 0 unspecified atom stereocenters. The number of carbonyl (C=O) groups is 1. The van der Waals surface area contributed by atoms with Crippen LogP contribution < -0.4 is 5.73 Å². The van der Waals surface area contributed by atoms with E-state index >= 15 is 0 Å². The van der Waals surface area contributed by atoms with Crippen LogP contribution in [-0.2, 0) is 12.0 Å². The van der Waals surface area contributed by atoms with Crippen molar-refractivity contribution in [3.05, 3.63) is 59.0 Å². The topological polar surface area (TPSA) is 56.2 Å². The van der Waals surface area contributed by atoms with Gasteiger partial charge in [-0.05, 0) is 23.1 Å². The lowest BCUT2D eigenvalue weighted by molar-refractivity contribution is 0.101. The van der Waals surface area contributed by atoms with Crippen LogP contribution in [0.15, 0.2) is 40.8 Å². The summed E-state index contributed by atoms with van der Waals surface area (Å²) in [5, 5.41) is 0. The number of rotatable bonds is 3. The van der Waals surface area contributed by atoms with Gasteiger partial charge in [-0.3, -0.25) is 4.79 Å². The van der Waals surface area contributed by atoms with Crippen LogP contribution in [0.1, 0.15) is 48.2 Å². The lowest BCUT2D eigenvalue weighted by Crippen LogP contribution is -2.11. The van der Waals surface area contributed by atoms with Gasteiger partial charge in [0.05, 0.1) is 6.54 Å². The largest absolute Gasteiger partial charge is 0.456 e. The number of nitrogens with two attached hydrogens (primary N) is 1. The summed E-state index contributed by atoms with van der Waals surface area (Å²) in [6.07, 6.45) is 0. The van der Waals surface area contributed by atoms with E-state index in [1.807, 2.05) is 24.3 Å². The third-order valence-corrected chi connectivity index (χ3v) is 3.10. The minimum absolute atomic E-state index is 0.0823. The Morgan fingerprint density at radius 3 is 2.21 bits per heavy atom. The number of ketones is 1. The van der Waals surface area contributed by atoms with Crippen LogP contribution >= 0.6 is 0 Å². The highest BCUT2D eigenvalue weighted by Crippen LogP contribution is 2.23. The number of furan rings is 1. The van der Waals surface area contributed by atoms with Crippen molar-refractivity contribution < 1.29 is 9.21 Å². The lowest BCUT2D eigenvalue weighted by atomic mass is 9.86. The quantitative estimate of drug-likeness (QED) is 0.858. The molecule has 1 aromatic heterocycles. The lowest BCUT2D eigenvalue weighted by Gasteiger charge is -2.18. The van der Waals surface area contributed by atoms with E-state index in [1.165, 1.54) is 5.56 Å². The second-order valence-corrected chi connectivity index (χ2v) is 5.63. The average Bonchev–Trinajstić information content (AvgIpc) is 2.86. The van der Waals surface area contributed by atoms with E-state index in [2.05, 4.69) is 20.8 Å². The van der Waals surface area contributed by atoms with Gasteiger partial charge >= 0.3 is 0 Å². The summed E-state index contributed by atoms with van der Waals surface area (Å²) in [6.45, 7) is 6.73. The van der Waals surface area contributed by atoms with Gasteiger partial charge in [0.25, 0.3) is 0 Å². The summed E-state index contributed by atoms with van der Waals surface area (Å²) in [4.78, 5) is 12.2. The molecular weight excluding hydrogens is 238 g/mol. The molecule has 0 saturated carbocycles. The van der Waals surface area contributed by atoms with E-state index in [0.29, 0.717) is 23.6 Å². The molecule has 2 N–H and O–H groups in total. The van der Waals surface area contributed by atoms with Gasteiger partial charge in [-0.2, -0.15) is 0 Å². The van der Waals surface area contributed by atoms with Crippen molar-refractivity contribution in [3.8, 4) is 0 Å². The van der Waals surface area contributed by atoms with Crippen LogP contribution in [0.3, 0.4) is 0 Å². The van der Waals surface area contributed by atoms with Gasteiger partial charge in [0, 0.05) is 5.56 Å². The van der Waals surface area contributed by atoms with E-state index in [-0.39, 0.29) is 11.2 Å². The fourth-order valence-electron chi connectivity index (χ4n) is 1.87. The van der Waals surface area contributed by atoms with Crippen molar-refractivity contribution in [2.75, 3.05) is 0 Å². The van der Waals surface area contributed by atoms with Crippen molar-refractivity contribution >= 4 is 5.78 Å². The average molecular weight is 257 g/mol. The molecule has 0 aliphatic rings. The standard InChI is InChI=1S/C16H19NO2/c1-16(2,3)12-6-4-11(5-7-12)15(18)14-9-8-13(10-17)19-14/h4-9H,10,17H2,1-3H3. The molecular formula is C16H19NO2. The second-order valence-electron chi connectivity index (χ2n) is 5.63. The SMILES string of the molecule is CC(C)(C)c1ccc(C(=O)c2ccc(CN)o2)cc1. The van der Waals surface area contributed by atoms with Crippen molar-refractivity contribution in [3.63, 3.8) is 0 Å². The van der Waals surface area contributed by atoms with E-state index in [1.54, 1.807) is 12.1 Å². The number of benzene rings is 1. The molecule has 0 fully saturated rings. The van der Waals surface area contributed by atoms with Gasteiger partial charge in [0.2, 0.25) is 5.78 Å². The van der Waals surface area contributed by atoms with Gasteiger partial charge < -0.3 is 10.2 Å². The number of carbonyl (C=O) groups excluding carboxylic acids is 1. The normalized spacial score (nSPS) is 11.6. The zero-order chi connectivity index (χ0) is 14.0. The van der Waals surface area contributed by atoms with Crippen LogP contribution in [-0.4, -0.2) is 5.78 Å². The molecule has 0 aliphatic heterocycles. The Hall–Kier alpha value is -1.87. The summed E-state index contributed by atoms with van der Waals surface area (Å²) in [5.41, 5.74) is 7.38. The molecule has 19 heavy (non-hydrogen) atoms. The van der Waals surface area contributed by atoms with Crippen molar-refractivity contribution in [2.24, 2.45) is 5.73 Å². The summed E-state index contributed by atoms with van der Waals surface area (Å²) in [5.74, 6) is 0.846. The molecule has 100 valence electrons. The van der Waals surface area contributed by atoms with Crippen LogP contribution in [0.2, 0.25) is 0 Å². The predicted octanol–water partition coefficient (Wildman–Crippen LogP) is 3.27. The molecule has 0 bridgehead atoms. The first-order chi connectivity index (χ1) is 8.91. The summed E-state index contributed by atoms with van der Waals surface area (Å²) in [6, 6.07) is 11.1. The van der Waals surface area contributed by atoms with Gasteiger partial charge in [0.15, 0.2) is 5.76 Å². The summed E-state index contributed by atoms with van der Waals surface area (Å²) in [7, 11) is 0. The molecule has 1 heterocycles. The van der Waals surface area contributed by atoms with Crippen LogP contribution in [0.5, 0.6) is 0 Å². The van der Waals surface area contributed by atoms with Crippen molar-refractivity contribution in [2.45, 2.75) is 32.7 Å². The fraction of sp³-hybridized carbons (Fsp3) is 0.312. The first-order valence-corrected chi connectivity index (χ1v) is 6.36. The number of hydrogen-bond donors (Lipinski definition) is 1. The molecule has 0 aliphatic carbocycles.